The minimum atomic E-state index is -3.73. The molecule has 21 heavy (non-hydrogen) atoms. The largest absolute Gasteiger partial charge is 0.379 e. The zero-order valence-electron chi connectivity index (χ0n) is 11.1. The van der Waals surface area contributed by atoms with Gasteiger partial charge in [-0.3, -0.25) is 4.90 Å². The Bertz CT molecular complexity index is 584. The Balaban J connectivity index is 2.01. The van der Waals surface area contributed by atoms with Crippen LogP contribution in [0, 0.1) is 0 Å². The third-order valence-electron chi connectivity index (χ3n) is 3.06. The highest BCUT2D eigenvalue weighted by Crippen LogP contribution is 2.32. The zero-order valence-corrected chi connectivity index (χ0v) is 15.0. The molecule has 1 aromatic rings. The minimum absolute atomic E-state index is 0.0870. The topological polar surface area (TPSA) is 58.6 Å². The van der Waals surface area contributed by atoms with Crippen LogP contribution < -0.4 is 4.72 Å². The van der Waals surface area contributed by atoms with Crippen LogP contribution in [0.2, 0.25) is 10.0 Å². The van der Waals surface area contributed by atoms with Crippen LogP contribution in [0.25, 0.3) is 0 Å². The molecule has 0 saturated carbocycles. The summed E-state index contributed by atoms with van der Waals surface area (Å²) >= 11 is 15.2. The molecule has 0 spiro atoms. The SMILES string of the molecule is O=S(=O)(NCCN1CCOCC1)c1c(Cl)cc(Br)cc1Cl. The average molecular weight is 418 g/mol. The maximum Gasteiger partial charge on any atom is 0.243 e. The molecule has 1 saturated heterocycles. The van der Waals surface area contributed by atoms with Gasteiger partial charge in [0, 0.05) is 30.7 Å². The lowest BCUT2D eigenvalue weighted by Crippen LogP contribution is -2.41. The van der Waals surface area contributed by atoms with Crippen molar-refractivity contribution in [2.45, 2.75) is 4.90 Å². The number of morpholine rings is 1. The molecule has 0 atom stereocenters. The van der Waals surface area contributed by atoms with Gasteiger partial charge in [0.15, 0.2) is 0 Å². The van der Waals surface area contributed by atoms with Crippen molar-refractivity contribution in [2.75, 3.05) is 39.4 Å². The molecule has 0 amide bonds. The average Bonchev–Trinajstić information content (AvgIpc) is 2.38. The number of rotatable bonds is 5. The summed E-state index contributed by atoms with van der Waals surface area (Å²) in [6.45, 7) is 3.89. The molecule has 1 fully saturated rings. The van der Waals surface area contributed by atoms with Crippen molar-refractivity contribution in [1.29, 1.82) is 0 Å². The molecule has 5 nitrogen and oxygen atoms in total. The fraction of sp³-hybridized carbons (Fsp3) is 0.500. The summed E-state index contributed by atoms with van der Waals surface area (Å²) < 4.78 is 33.0. The van der Waals surface area contributed by atoms with Gasteiger partial charge in [-0.2, -0.15) is 0 Å². The Labute approximate surface area is 142 Å². The lowest BCUT2D eigenvalue weighted by Gasteiger charge is -2.26. The second kappa shape index (κ2) is 7.59. The van der Waals surface area contributed by atoms with E-state index >= 15 is 0 Å². The second-order valence-electron chi connectivity index (χ2n) is 4.55. The van der Waals surface area contributed by atoms with Crippen LogP contribution in [0.3, 0.4) is 0 Å². The molecule has 1 aromatic carbocycles. The van der Waals surface area contributed by atoms with Crippen molar-refractivity contribution in [3.8, 4) is 0 Å². The van der Waals surface area contributed by atoms with Crippen molar-refractivity contribution in [3.63, 3.8) is 0 Å². The molecule has 118 valence electrons. The van der Waals surface area contributed by atoms with E-state index in [1.54, 1.807) is 0 Å². The van der Waals surface area contributed by atoms with Gasteiger partial charge in [0.2, 0.25) is 10.0 Å². The van der Waals surface area contributed by atoms with Crippen LogP contribution in [0.15, 0.2) is 21.5 Å². The van der Waals surface area contributed by atoms with Crippen molar-refractivity contribution in [2.24, 2.45) is 0 Å². The number of sulfonamides is 1. The monoisotopic (exact) mass is 416 g/mol. The molecule has 2 rings (SSSR count). The van der Waals surface area contributed by atoms with Crippen LogP contribution in [0.5, 0.6) is 0 Å². The molecule has 9 heteroatoms. The number of nitrogens with zero attached hydrogens (tertiary/aromatic N) is 1. The first-order valence-corrected chi connectivity index (χ1v) is 9.37. The lowest BCUT2D eigenvalue weighted by atomic mass is 10.4. The van der Waals surface area contributed by atoms with E-state index in [4.69, 9.17) is 27.9 Å². The first kappa shape index (κ1) is 17.5. The molecule has 1 N–H and O–H groups in total. The van der Waals surface area contributed by atoms with E-state index in [1.807, 2.05) is 0 Å². The van der Waals surface area contributed by atoms with E-state index in [0.717, 1.165) is 13.1 Å². The van der Waals surface area contributed by atoms with E-state index in [-0.39, 0.29) is 14.9 Å². The molecular formula is C12H15BrCl2N2O3S. The third kappa shape index (κ3) is 4.79. The Morgan fingerprint density at radius 1 is 1.24 bits per heavy atom. The maximum atomic E-state index is 12.3. The highest BCUT2D eigenvalue weighted by molar-refractivity contribution is 9.10. The van der Waals surface area contributed by atoms with Gasteiger partial charge in [0.05, 0.1) is 23.3 Å². The van der Waals surface area contributed by atoms with Gasteiger partial charge < -0.3 is 4.74 Å². The number of nitrogens with one attached hydrogen (secondary N) is 1. The highest BCUT2D eigenvalue weighted by atomic mass is 79.9. The summed E-state index contributed by atoms with van der Waals surface area (Å²) in [7, 11) is -3.73. The Kier molecular flexibility index (Phi) is 6.31. The maximum absolute atomic E-state index is 12.3. The van der Waals surface area contributed by atoms with Crippen LogP contribution in [0.1, 0.15) is 0 Å². The number of benzene rings is 1. The van der Waals surface area contributed by atoms with Crippen molar-refractivity contribution in [1.82, 2.24) is 9.62 Å². The summed E-state index contributed by atoms with van der Waals surface area (Å²) in [5.41, 5.74) is 0. The van der Waals surface area contributed by atoms with Crippen LogP contribution >= 0.6 is 39.1 Å². The molecule has 0 aromatic heterocycles. The number of ether oxygens (including phenoxy) is 1. The van der Waals surface area contributed by atoms with Gasteiger partial charge >= 0.3 is 0 Å². The molecule has 0 radical (unpaired) electrons. The molecule has 1 heterocycles. The van der Waals surface area contributed by atoms with Crippen molar-refractivity contribution in [3.05, 3.63) is 26.7 Å². The van der Waals surface area contributed by atoms with Gasteiger partial charge in [-0.05, 0) is 12.1 Å². The van der Waals surface area contributed by atoms with E-state index in [1.165, 1.54) is 12.1 Å². The van der Waals surface area contributed by atoms with Crippen LogP contribution in [0.4, 0.5) is 0 Å². The van der Waals surface area contributed by atoms with E-state index < -0.39 is 10.0 Å². The number of halogens is 3. The van der Waals surface area contributed by atoms with Gasteiger partial charge in [-0.1, -0.05) is 39.1 Å². The summed E-state index contributed by atoms with van der Waals surface area (Å²) in [4.78, 5) is 2.05. The standard InChI is InChI=1S/C12H15BrCl2N2O3S/c13-9-7-10(14)12(11(15)8-9)21(18,19)16-1-2-17-3-5-20-6-4-17/h7-8,16H,1-6H2. The fourth-order valence-corrected chi connectivity index (χ4v) is 4.97. The molecule has 0 aliphatic carbocycles. The summed E-state index contributed by atoms with van der Waals surface area (Å²) in [5.74, 6) is 0. The number of hydrogen-bond acceptors (Lipinski definition) is 4. The molecule has 1 aliphatic heterocycles. The second-order valence-corrected chi connectivity index (χ2v) is 7.98. The molecule has 1 aliphatic rings. The van der Waals surface area contributed by atoms with Crippen molar-refractivity contribution >= 4 is 49.2 Å². The fourth-order valence-electron chi connectivity index (χ4n) is 2.02. The first-order chi connectivity index (χ1) is 9.90. The van der Waals surface area contributed by atoms with Crippen molar-refractivity contribution < 1.29 is 13.2 Å². The van der Waals surface area contributed by atoms with Gasteiger partial charge in [0.25, 0.3) is 0 Å². The lowest BCUT2D eigenvalue weighted by molar-refractivity contribution is 0.0390. The quantitative estimate of drug-likeness (QED) is 0.798. The van der Waals surface area contributed by atoms with Crippen LogP contribution in [-0.4, -0.2) is 52.7 Å². The molecule has 0 bridgehead atoms. The Hall–Kier alpha value is 0.110. The van der Waals surface area contributed by atoms with E-state index in [9.17, 15) is 8.42 Å². The zero-order chi connectivity index (χ0) is 15.5. The normalized spacial score (nSPS) is 17.1. The summed E-state index contributed by atoms with van der Waals surface area (Å²) in [6, 6.07) is 3.01. The minimum Gasteiger partial charge on any atom is -0.379 e. The molecular weight excluding hydrogens is 403 g/mol. The smallest absolute Gasteiger partial charge is 0.243 e. The van der Waals surface area contributed by atoms with Gasteiger partial charge in [-0.25, -0.2) is 13.1 Å². The summed E-state index contributed by atoms with van der Waals surface area (Å²) in [6.07, 6.45) is 0. The van der Waals surface area contributed by atoms with E-state index in [0.29, 0.717) is 30.8 Å². The third-order valence-corrected chi connectivity index (χ3v) is 5.90. The first-order valence-electron chi connectivity index (χ1n) is 6.34. The van der Waals surface area contributed by atoms with Gasteiger partial charge in [0.1, 0.15) is 4.90 Å². The van der Waals surface area contributed by atoms with Gasteiger partial charge in [-0.15, -0.1) is 0 Å². The van der Waals surface area contributed by atoms with Crippen LogP contribution in [-0.2, 0) is 14.8 Å². The Morgan fingerprint density at radius 3 is 2.38 bits per heavy atom. The number of hydrogen-bond donors (Lipinski definition) is 1. The predicted molar refractivity (Wildman–Crippen MR) is 86.6 cm³/mol. The molecule has 0 unspecified atom stereocenters. The summed E-state index contributed by atoms with van der Waals surface area (Å²) in [5, 5.41) is 0.182. The highest BCUT2D eigenvalue weighted by Gasteiger charge is 2.22. The van der Waals surface area contributed by atoms with E-state index in [2.05, 4.69) is 25.6 Å². The predicted octanol–water partition coefficient (Wildman–Crippen LogP) is 2.37. The Morgan fingerprint density at radius 2 is 1.81 bits per heavy atom.